The molecule has 0 aliphatic carbocycles. The third-order valence-electron chi connectivity index (χ3n) is 6.35. The zero-order valence-corrected chi connectivity index (χ0v) is 19.2. The number of aryl methyl sites for hydroxylation is 1. The number of methoxy groups -OCH3 is 1. The molecule has 5 heteroatoms. The number of pyridine rings is 1. The van der Waals surface area contributed by atoms with E-state index in [0.717, 1.165) is 41.9 Å². The largest absolute Gasteiger partial charge is 0.497 e. The van der Waals surface area contributed by atoms with Gasteiger partial charge in [0.15, 0.2) is 0 Å². The lowest BCUT2D eigenvalue weighted by Crippen LogP contribution is -2.36. The fourth-order valence-electron chi connectivity index (χ4n) is 4.68. The molecule has 1 aliphatic heterocycles. The zero-order valence-electron chi connectivity index (χ0n) is 19.2. The van der Waals surface area contributed by atoms with Crippen molar-refractivity contribution in [3.63, 3.8) is 0 Å². The Hall–Kier alpha value is -3.57. The van der Waals surface area contributed by atoms with Crippen LogP contribution in [-0.2, 0) is 11.2 Å². The van der Waals surface area contributed by atoms with Crippen molar-refractivity contribution in [3.8, 4) is 16.9 Å². The van der Waals surface area contributed by atoms with Crippen LogP contribution in [0, 0.1) is 6.92 Å². The summed E-state index contributed by atoms with van der Waals surface area (Å²) in [7, 11) is 1.71. The highest BCUT2D eigenvalue weighted by Crippen LogP contribution is 2.34. The van der Waals surface area contributed by atoms with E-state index in [1.54, 1.807) is 7.11 Å². The third kappa shape index (κ3) is 4.37. The number of hydrogen-bond acceptors (Lipinski definition) is 5. The zero-order chi connectivity index (χ0) is 22.8. The summed E-state index contributed by atoms with van der Waals surface area (Å²) in [6.45, 7) is 5.27. The van der Waals surface area contributed by atoms with E-state index in [2.05, 4.69) is 66.4 Å². The van der Waals surface area contributed by atoms with Gasteiger partial charge in [-0.3, -0.25) is 0 Å². The molecule has 168 valence electrons. The molecule has 1 saturated heterocycles. The Morgan fingerprint density at radius 2 is 1.82 bits per heavy atom. The van der Waals surface area contributed by atoms with Crippen molar-refractivity contribution < 1.29 is 9.47 Å². The highest BCUT2D eigenvalue weighted by Gasteiger charge is 2.16. The number of fused-ring (bicyclic) bond motifs is 1. The van der Waals surface area contributed by atoms with Gasteiger partial charge < -0.3 is 20.1 Å². The first kappa shape index (κ1) is 21.3. The Labute approximate surface area is 194 Å². The van der Waals surface area contributed by atoms with Crippen molar-refractivity contribution in [1.29, 1.82) is 0 Å². The SMILES string of the molecule is COc1cccc(Cc2cccc(C)c2-c2ccc3nc(N)c(N4CCOCC4)cc3c2)c1. The van der Waals surface area contributed by atoms with Crippen LogP contribution in [0.25, 0.3) is 22.0 Å². The Morgan fingerprint density at radius 1 is 1.00 bits per heavy atom. The van der Waals surface area contributed by atoms with Crippen molar-refractivity contribution in [2.75, 3.05) is 44.0 Å². The van der Waals surface area contributed by atoms with Gasteiger partial charge in [-0.25, -0.2) is 4.98 Å². The van der Waals surface area contributed by atoms with Crippen LogP contribution in [0.4, 0.5) is 11.5 Å². The van der Waals surface area contributed by atoms with Crippen LogP contribution in [0.5, 0.6) is 5.75 Å². The number of nitrogen functional groups attached to an aromatic ring is 1. The van der Waals surface area contributed by atoms with E-state index in [4.69, 9.17) is 20.2 Å². The molecule has 0 radical (unpaired) electrons. The van der Waals surface area contributed by atoms with Crippen LogP contribution in [0.15, 0.2) is 66.7 Å². The first-order valence-corrected chi connectivity index (χ1v) is 11.4. The number of hydrogen-bond donors (Lipinski definition) is 1. The van der Waals surface area contributed by atoms with Gasteiger partial charge in [0.1, 0.15) is 11.6 Å². The number of benzene rings is 3. The van der Waals surface area contributed by atoms with Crippen LogP contribution in [0.1, 0.15) is 16.7 Å². The average molecular weight is 440 g/mol. The molecule has 2 heterocycles. The van der Waals surface area contributed by atoms with Crippen LogP contribution in [-0.4, -0.2) is 38.4 Å². The number of morpholine rings is 1. The van der Waals surface area contributed by atoms with E-state index < -0.39 is 0 Å². The number of ether oxygens (including phenoxy) is 2. The van der Waals surface area contributed by atoms with Gasteiger partial charge in [-0.2, -0.15) is 0 Å². The van der Waals surface area contributed by atoms with Gasteiger partial charge >= 0.3 is 0 Å². The predicted octanol–water partition coefficient (Wildman–Crippen LogP) is 5.23. The molecule has 33 heavy (non-hydrogen) atoms. The van der Waals surface area contributed by atoms with Crippen LogP contribution in [0.2, 0.25) is 0 Å². The minimum absolute atomic E-state index is 0.576. The molecular formula is C28H29N3O2. The number of rotatable bonds is 5. The van der Waals surface area contributed by atoms with Crippen molar-refractivity contribution in [2.45, 2.75) is 13.3 Å². The maximum absolute atomic E-state index is 6.32. The van der Waals surface area contributed by atoms with Crippen LogP contribution in [0.3, 0.4) is 0 Å². The molecule has 1 fully saturated rings. The minimum atomic E-state index is 0.576. The van der Waals surface area contributed by atoms with Gasteiger partial charge in [-0.05, 0) is 71.5 Å². The summed E-state index contributed by atoms with van der Waals surface area (Å²) < 4.78 is 10.9. The van der Waals surface area contributed by atoms with E-state index in [1.165, 1.54) is 27.8 Å². The van der Waals surface area contributed by atoms with Crippen LogP contribution < -0.4 is 15.4 Å². The standard InChI is InChI=1S/C28H29N3O2/c1-19-5-3-7-21(15-20-6-4-8-24(16-20)32-2)27(19)22-9-10-25-23(17-22)18-26(28(29)30-25)31-11-13-33-14-12-31/h3-10,16-18H,11-15H2,1-2H3,(H2,29,30). The molecule has 5 nitrogen and oxygen atoms in total. The number of anilines is 2. The molecule has 0 bridgehead atoms. The van der Waals surface area contributed by atoms with Gasteiger partial charge in [0, 0.05) is 18.5 Å². The molecule has 3 aromatic carbocycles. The van der Waals surface area contributed by atoms with E-state index in [-0.39, 0.29) is 0 Å². The van der Waals surface area contributed by atoms with Crippen molar-refractivity contribution in [3.05, 3.63) is 83.4 Å². The Bertz CT molecular complexity index is 1300. The Kier molecular flexibility index (Phi) is 5.88. The summed E-state index contributed by atoms with van der Waals surface area (Å²) in [5.74, 6) is 1.46. The second-order valence-corrected chi connectivity index (χ2v) is 8.54. The molecule has 0 atom stereocenters. The second-order valence-electron chi connectivity index (χ2n) is 8.54. The Morgan fingerprint density at radius 3 is 2.64 bits per heavy atom. The monoisotopic (exact) mass is 439 g/mol. The summed E-state index contributed by atoms with van der Waals surface area (Å²) in [4.78, 5) is 6.96. The topological polar surface area (TPSA) is 60.6 Å². The van der Waals surface area contributed by atoms with Crippen molar-refractivity contribution in [1.82, 2.24) is 4.98 Å². The normalized spacial score (nSPS) is 13.9. The summed E-state index contributed by atoms with van der Waals surface area (Å²) in [6, 6.07) is 23.4. The molecule has 0 unspecified atom stereocenters. The lowest BCUT2D eigenvalue weighted by Gasteiger charge is -2.29. The van der Waals surface area contributed by atoms with Gasteiger partial charge in [-0.1, -0.05) is 36.4 Å². The first-order chi connectivity index (χ1) is 16.1. The third-order valence-corrected chi connectivity index (χ3v) is 6.35. The second kappa shape index (κ2) is 9.12. The molecule has 1 aromatic heterocycles. The first-order valence-electron chi connectivity index (χ1n) is 11.4. The maximum atomic E-state index is 6.32. The molecular weight excluding hydrogens is 410 g/mol. The van der Waals surface area contributed by atoms with Gasteiger partial charge in [0.05, 0.1) is 31.5 Å². The smallest absolute Gasteiger partial charge is 0.147 e. The lowest BCUT2D eigenvalue weighted by molar-refractivity contribution is 0.123. The number of nitrogens with zero attached hydrogens (tertiary/aromatic N) is 2. The lowest BCUT2D eigenvalue weighted by atomic mass is 9.90. The number of aromatic nitrogens is 1. The fraction of sp³-hybridized carbons (Fsp3) is 0.250. The van der Waals surface area contributed by atoms with E-state index in [9.17, 15) is 0 Å². The molecule has 2 N–H and O–H groups in total. The van der Waals surface area contributed by atoms with Crippen molar-refractivity contribution in [2.24, 2.45) is 0 Å². The molecule has 5 rings (SSSR count). The molecule has 0 saturated carbocycles. The Balaban J connectivity index is 1.56. The molecule has 0 spiro atoms. The summed E-state index contributed by atoms with van der Waals surface area (Å²) in [5.41, 5.74) is 14.5. The highest BCUT2D eigenvalue weighted by molar-refractivity contribution is 5.90. The quantitative estimate of drug-likeness (QED) is 0.461. The molecule has 1 aliphatic rings. The predicted molar refractivity (Wildman–Crippen MR) is 135 cm³/mol. The van der Waals surface area contributed by atoms with E-state index >= 15 is 0 Å². The fourth-order valence-corrected chi connectivity index (χ4v) is 4.68. The average Bonchev–Trinajstić information content (AvgIpc) is 2.84. The van der Waals surface area contributed by atoms with Crippen molar-refractivity contribution >= 4 is 22.4 Å². The summed E-state index contributed by atoms with van der Waals surface area (Å²) in [6.07, 6.45) is 0.839. The summed E-state index contributed by atoms with van der Waals surface area (Å²) in [5, 5.41) is 1.10. The van der Waals surface area contributed by atoms with Gasteiger partial charge in [0.25, 0.3) is 0 Å². The van der Waals surface area contributed by atoms with E-state index in [0.29, 0.717) is 19.0 Å². The van der Waals surface area contributed by atoms with Crippen LogP contribution >= 0.6 is 0 Å². The highest BCUT2D eigenvalue weighted by atomic mass is 16.5. The maximum Gasteiger partial charge on any atom is 0.147 e. The molecule has 4 aromatic rings. The van der Waals surface area contributed by atoms with Gasteiger partial charge in [0.2, 0.25) is 0 Å². The minimum Gasteiger partial charge on any atom is -0.497 e. The summed E-state index contributed by atoms with van der Waals surface area (Å²) >= 11 is 0. The van der Waals surface area contributed by atoms with E-state index in [1.807, 2.05) is 12.1 Å². The van der Waals surface area contributed by atoms with Gasteiger partial charge in [-0.15, -0.1) is 0 Å². The molecule has 0 amide bonds. The number of nitrogens with two attached hydrogens (primary N) is 1.